The van der Waals surface area contributed by atoms with Gasteiger partial charge in [0.25, 0.3) is 5.91 Å². The van der Waals surface area contributed by atoms with Crippen LogP contribution in [0.4, 0.5) is 13.2 Å². The van der Waals surface area contributed by atoms with E-state index in [2.05, 4.69) is 29.7 Å². The average Bonchev–Trinajstić information content (AvgIpc) is 3.85. The van der Waals surface area contributed by atoms with E-state index in [0.29, 0.717) is 33.7 Å². The van der Waals surface area contributed by atoms with Crippen LogP contribution >= 0.6 is 11.6 Å². The van der Waals surface area contributed by atoms with Crippen molar-refractivity contribution < 1.29 is 52.1 Å². The van der Waals surface area contributed by atoms with Gasteiger partial charge in [-0.1, -0.05) is 11.6 Å². The number of fused-ring (bicyclic) bond motifs is 2. The molecule has 4 heterocycles. The predicted molar refractivity (Wildman–Crippen MR) is 150 cm³/mol. The summed E-state index contributed by atoms with van der Waals surface area (Å²) in [4.78, 5) is 25.8. The third kappa shape index (κ3) is 5.92. The van der Waals surface area contributed by atoms with Crippen LogP contribution < -0.4 is 14.8 Å². The Morgan fingerprint density at radius 1 is 1.11 bits per heavy atom. The van der Waals surface area contributed by atoms with E-state index >= 15 is 0 Å². The summed E-state index contributed by atoms with van der Waals surface area (Å²) in [5.74, 6) is -9.35. The second-order valence-corrected chi connectivity index (χ2v) is 12.2. The molecule has 6 rings (SSSR count). The van der Waals surface area contributed by atoms with E-state index in [-0.39, 0.29) is 23.8 Å². The fourth-order valence-electron chi connectivity index (χ4n) is 4.59. The number of alkyl halides is 3. The van der Waals surface area contributed by atoms with E-state index in [1.807, 2.05) is 0 Å². The van der Waals surface area contributed by atoms with Crippen LogP contribution in [0.25, 0.3) is 22.3 Å². The topological polar surface area (TPSA) is 184 Å². The second kappa shape index (κ2) is 11.5. The highest BCUT2D eigenvalue weighted by molar-refractivity contribution is 7.85. The molecule has 12 nitrogen and oxygen atoms in total. The van der Waals surface area contributed by atoms with E-state index < -0.39 is 56.2 Å². The van der Waals surface area contributed by atoms with Gasteiger partial charge in [0.05, 0.1) is 55.6 Å². The third-order valence-electron chi connectivity index (χ3n) is 7.11. The Bertz CT molecular complexity index is 1860. The fourth-order valence-corrected chi connectivity index (χ4v) is 6.16. The molecule has 236 valence electrons. The fraction of sp³-hybridized carbons (Fsp3) is 0.286. The number of hydrogen-bond donors (Lipinski definition) is 5. The average molecular weight is 667 g/mol. The Hall–Kier alpha value is -3.93. The Morgan fingerprint density at radius 2 is 1.82 bits per heavy atom. The number of amides is 1. The van der Waals surface area contributed by atoms with Crippen LogP contribution in [0.1, 0.15) is 40.5 Å². The minimum Gasteiger partial charge on any atom is -0.433 e. The number of hydrogen-bond acceptors (Lipinski definition) is 11. The number of carbonyl (C=O) groups is 1. The van der Waals surface area contributed by atoms with Gasteiger partial charge in [0.1, 0.15) is 5.75 Å². The van der Waals surface area contributed by atoms with Crippen LogP contribution in [0, 0.1) is 0 Å². The second-order valence-electron chi connectivity index (χ2n) is 10.3. The molecule has 2 unspecified atom stereocenters. The summed E-state index contributed by atoms with van der Waals surface area (Å²) in [6.07, 6.45) is 3.17. The van der Waals surface area contributed by atoms with Crippen LogP contribution in [-0.4, -0.2) is 69.4 Å². The van der Waals surface area contributed by atoms with Gasteiger partial charge in [-0.2, -0.15) is 8.78 Å². The quantitative estimate of drug-likeness (QED) is 0.183. The third-order valence-corrected chi connectivity index (χ3v) is 8.83. The van der Waals surface area contributed by atoms with Crippen molar-refractivity contribution in [2.24, 2.45) is 0 Å². The molecule has 45 heavy (non-hydrogen) atoms. The predicted octanol–water partition coefficient (Wildman–Crippen LogP) is 2.87. The number of ether oxygens (including phenoxy) is 2. The molecule has 1 saturated carbocycles. The van der Waals surface area contributed by atoms with Crippen molar-refractivity contribution in [1.82, 2.24) is 20.3 Å². The lowest BCUT2D eigenvalue weighted by Gasteiger charge is -2.32. The lowest BCUT2D eigenvalue weighted by molar-refractivity contribution is -0.438. The van der Waals surface area contributed by atoms with Gasteiger partial charge >= 0.3 is 18.4 Å². The molecular formula is C28H22ClF3N4O8S. The van der Waals surface area contributed by atoms with Crippen molar-refractivity contribution in [2.75, 3.05) is 0 Å². The zero-order valence-electron chi connectivity index (χ0n) is 22.7. The first-order valence-electron chi connectivity index (χ1n) is 13.2. The van der Waals surface area contributed by atoms with E-state index in [1.165, 1.54) is 18.3 Å². The molecule has 1 fully saturated rings. The molecule has 2 aliphatic rings. The number of aliphatic hydroxyl groups is 4. The summed E-state index contributed by atoms with van der Waals surface area (Å²) in [5.41, 5.74) is -1.13. The van der Waals surface area contributed by atoms with E-state index in [1.54, 1.807) is 18.2 Å². The smallest absolute Gasteiger partial charge is 0.387 e. The van der Waals surface area contributed by atoms with Gasteiger partial charge in [-0.3, -0.25) is 14.0 Å². The highest BCUT2D eigenvalue weighted by Gasteiger charge is 2.62. The molecule has 1 aliphatic heterocycles. The number of aromatic nitrogens is 3. The zero-order valence-corrected chi connectivity index (χ0v) is 24.2. The molecule has 17 heteroatoms. The molecule has 1 aromatic carbocycles. The van der Waals surface area contributed by atoms with Crippen molar-refractivity contribution in [3.8, 4) is 22.9 Å². The minimum absolute atomic E-state index is 0.0307. The van der Waals surface area contributed by atoms with Crippen LogP contribution in [0.15, 0.2) is 53.6 Å². The molecule has 4 aromatic rings. The molecule has 5 N–H and O–H groups in total. The largest absolute Gasteiger partial charge is 0.433 e. The zero-order chi connectivity index (χ0) is 32.3. The van der Waals surface area contributed by atoms with E-state index in [9.17, 15) is 42.6 Å². The minimum atomic E-state index is -4.00. The van der Waals surface area contributed by atoms with Crippen molar-refractivity contribution in [3.05, 3.63) is 70.6 Å². The standard InChI is InChI=1S/C28H22ClF3N4O8S/c29-16-7-14(8-21-23(16)44-28(40,41)27(38,39)25(30)45(21)42)24(37)34-11-15-9-19-13(10-33-15)3-4-17(35-19)18-5-6-20(43-26(31)32)22(36-18)12-1-2-12/h3-10,12,25-26,38-41H,1-2,11H2,(H,34,37). The van der Waals surface area contributed by atoms with Crippen LogP contribution in [0.2, 0.25) is 5.02 Å². The maximum absolute atomic E-state index is 14.6. The monoisotopic (exact) mass is 666 g/mol. The lowest BCUT2D eigenvalue weighted by atomic mass is 10.1. The SMILES string of the molecule is O=C(NCc1cc2nc(-c3ccc(OC(F)F)c(C4CC4)n3)ccc2cn1)c1cc(Cl)c2c(c1)S(=O)C(F)C(O)(O)C(O)(O)O2. The van der Waals surface area contributed by atoms with Gasteiger partial charge in [0, 0.05) is 23.1 Å². The number of pyridine rings is 3. The molecule has 0 radical (unpaired) electrons. The molecule has 0 bridgehead atoms. The van der Waals surface area contributed by atoms with Crippen molar-refractivity contribution in [1.29, 1.82) is 0 Å². The maximum atomic E-state index is 14.6. The summed E-state index contributed by atoms with van der Waals surface area (Å²) in [6, 6.07) is 9.98. The summed E-state index contributed by atoms with van der Waals surface area (Å²) >= 11 is 6.09. The number of benzene rings is 1. The molecule has 3 aromatic heterocycles. The number of nitrogens with zero attached hydrogens (tertiary/aromatic N) is 3. The van der Waals surface area contributed by atoms with Crippen LogP contribution in [0.5, 0.6) is 11.5 Å². The summed E-state index contributed by atoms with van der Waals surface area (Å²) < 4.78 is 62.3. The lowest BCUT2D eigenvalue weighted by Crippen LogP contribution is -2.63. The molecule has 1 aliphatic carbocycles. The molecule has 2 atom stereocenters. The van der Waals surface area contributed by atoms with Gasteiger partial charge in [0.15, 0.2) is 5.75 Å². The summed E-state index contributed by atoms with van der Waals surface area (Å²) in [6.45, 7) is -3.10. The molecule has 1 amide bonds. The van der Waals surface area contributed by atoms with Gasteiger partial charge in [-0.15, -0.1) is 0 Å². The van der Waals surface area contributed by atoms with Crippen LogP contribution in [-0.2, 0) is 17.3 Å². The van der Waals surface area contributed by atoms with Gasteiger partial charge < -0.3 is 35.2 Å². The summed E-state index contributed by atoms with van der Waals surface area (Å²) in [7, 11) is -2.95. The van der Waals surface area contributed by atoms with Crippen molar-refractivity contribution in [2.45, 2.75) is 54.1 Å². The number of carbonyl (C=O) groups excluding carboxylic acids is 1. The van der Waals surface area contributed by atoms with Crippen molar-refractivity contribution >= 4 is 39.2 Å². The Labute approximate surface area is 258 Å². The first-order chi connectivity index (χ1) is 21.2. The Balaban J connectivity index is 1.22. The molecule has 0 saturated heterocycles. The Kier molecular flexibility index (Phi) is 7.91. The first kappa shape index (κ1) is 31.1. The Morgan fingerprint density at radius 3 is 2.53 bits per heavy atom. The van der Waals surface area contributed by atoms with E-state index in [0.717, 1.165) is 25.0 Å². The number of halogens is 4. The highest BCUT2D eigenvalue weighted by atomic mass is 35.5. The van der Waals surface area contributed by atoms with Crippen molar-refractivity contribution in [3.63, 3.8) is 0 Å². The normalized spacial score (nSPS) is 20.3. The molecule has 0 spiro atoms. The number of rotatable bonds is 7. The van der Waals surface area contributed by atoms with Crippen LogP contribution in [0.3, 0.4) is 0 Å². The van der Waals surface area contributed by atoms with E-state index in [4.69, 9.17) is 11.6 Å². The van der Waals surface area contributed by atoms with Gasteiger partial charge in [0.2, 0.25) is 5.50 Å². The van der Waals surface area contributed by atoms with Gasteiger partial charge in [-0.05, 0) is 55.3 Å². The van der Waals surface area contributed by atoms with Gasteiger partial charge in [-0.25, -0.2) is 14.4 Å². The first-order valence-corrected chi connectivity index (χ1v) is 14.8. The highest BCUT2D eigenvalue weighted by Crippen LogP contribution is 2.45. The maximum Gasteiger partial charge on any atom is 0.387 e. The molecular weight excluding hydrogens is 645 g/mol. The summed E-state index contributed by atoms with van der Waals surface area (Å²) in [5, 5.41) is 42.0. The number of nitrogens with one attached hydrogen (secondary N) is 1.